The monoisotopic (exact) mass is 653 g/mol. The summed E-state index contributed by atoms with van der Waals surface area (Å²) in [5, 5.41) is 13.4. The standard InChI is InChI=1S/C28H24ClF4N5O5S/c1-41-21-10-15(11-22(42-2)25(21)43-3)26(40)34-13-23-36-37-27(38(23)18-7-5-17(30)6-8-18)44-14-24(39)35-20-12-16(28(31,32)33)4-9-19(20)29/h4-12H,13-14H2,1-3H3,(H,34,40)(H,35,39). The average molecular weight is 654 g/mol. The molecule has 0 saturated heterocycles. The van der Waals surface area contributed by atoms with Crippen LogP contribution in [0.15, 0.2) is 59.8 Å². The molecule has 0 radical (unpaired) electrons. The zero-order chi connectivity index (χ0) is 32.0. The number of methoxy groups -OCH3 is 3. The molecule has 232 valence electrons. The van der Waals surface area contributed by atoms with Crippen LogP contribution in [0, 0.1) is 5.82 Å². The van der Waals surface area contributed by atoms with Crippen molar-refractivity contribution in [2.45, 2.75) is 17.9 Å². The number of carbonyl (C=O) groups is 2. The molecule has 0 atom stereocenters. The Morgan fingerprint density at radius 1 is 0.955 bits per heavy atom. The van der Waals surface area contributed by atoms with Crippen LogP contribution in [0.5, 0.6) is 17.2 Å². The highest BCUT2D eigenvalue weighted by molar-refractivity contribution is 7.99. The molecule has 2 N–H and O–H groups in total. The van der Waals surface area contributed by atoms with Crippen molar-refractivity contribution >= 4 is 40.9 Å². The van der Waals surface area contributed by atoms with Crippen molar-refractivity contribution in [3.63, 3.8) is 0 Å². The van der Waals surface area contributed by atoms with Gasteiger partial charge >= 0.3 is 6.18 Å². The van der Waals surface area contributed by atoms with E-state index in [1.54, 1.807) is 0 Å². The van der Waals surface area contributed by atoms with Gasteiger partial charge in [0.2, 0.25) is 11.7 Å². The van der Waals surface area contributed by atoms with E-state index in [9.17, 15) is 27.2 Å². The molecule has 0 unspecified atom stereocenters. The van der Waals surface area contributed by atoms with Gasteiger partial charge in [-0.1, -0.05) is 23.4 Å². The van der Waals surface area contributed by atoms with E-state index < -0.39 is 29.4 Å². The van der Waals surface area contributed by atoms with E-state index in [0.29, 0.717) is 11.4 Å². The first-order chi connectivity index (χ1) is 20.9. The minimum Gasteiger partial charge on any atom is -0.493 e. The van der Waals surface area contributed by atoms with Gasteiger partial charge in [-0.3, -0.25) is 14.2 Å². The number of benzene rings is 3. The first kappa shape index (κ1) is 32.4. The van der Waals surface area contributed by atoms with Crippen molar-refractivity contribution in [1.29, 1.82) is 0 Å². The molecular formula is C28H24ClF4N5O5S. The van der Waals surface area contributed by atoms with Crippen molar-refractivity contribution in [2.24, 2.45) is 0 Å². The maximum absolute atomic E-state index is 13.7. The van der Waals surface area contributed by atoms with Crippen LogP contribution in [-0.4, -0.2) is 53.7 Å². The maximum atomic E-state index is 13.7. The van der Waals surface area contributed by atoms with Gasteiger partial charge in [0.25, 0.3) is 5.91 Å². The predicted octanol–water partition coefficient (Wildman–Crippen LogP) is 5.77. The second-order valence-corrected chi connectivity index (χ2v) is 10.2. The predicted molar refractivity (Wildman–Crippen MR) is 154 cm³/mol. The lowest BCUT2D eigenvalue weighted by molar-refractivity contribution is -0.137. The smallest absolute Gasteiger partial charge is 0.416 e. The largest absolute Gasteiger partial charge is 0.493 e. The van der Waals surface area contributed by atoms with Crippen LogP contribution in [-0.2, 0) is 17.5 Å². The molecule has 3 aromatic carbocycles. The van der Waals surface area contributed by atoms with Crippen molar-refractivity contribution in [1.82, 2.24) is 20.1 Å². The van der Waals surface area contributed by atoms with Crippen molar-refractivity contribution in [3.8, 4) is 22.9 Å². The van der Waals surface area contributed by atoms with Crippen molar-refractivity contribution in [3.05, 3.63) is 82.4 Å². The number of nitrogens with zero attached hydrogens (tertiary/aromatic N) is 3. The number of carbonyl (C=O) groups excluding carboxylic acids is 2. The second kappa shape index (κ2) is 13.9. The van der Waals surface area contributed by atoms with Gasteiger partial charge < -0.3 is 24.8 Å². The molecule has 16 heteroatoms. The summed E-state index contributed by atoms with van der Waals surface area (Å²) in [5.41, 5.74) is -0.550. The molecule has 0 bridgehead atoms. The molecule has 0 aliphatic heterocycles. The normalized spacial score (nSPS) is 11.2. The third-order valence-electron chi connectivity index (χ3n) is 6.02. The summed E-state index contributed by atoms with van der Waals surface area (Å²) < 4.78 is 70.4. The van der Waals surface area contributed by atoms with Crippen LogP contribution in [0.1, 0.15) is 21.7 Å². The summed E-state index contributed by atoms with van der Waals surface area (Å²) >= 11 is 6.89. The van der Waals surface area contributed by atoms with E-state index in [0.717, 1.165) is 30.0 Å². The Kier molecular flexibility index (Phi) is 10.2. The average Bonchev–Trinajstić information content (AvgIpc) is 3.41. The fourth-order valence-corrected chi connectivity index (χ4v) is 4.88. The second-order valence-electron chi connectivity index (χ2n) is 8.84. The van der Waals surface area contributed by atoms with E-state index in [4.69, 9.17) is 25.8 Å². The topological polar surface area (TPSA) is 117 Å². The Bertz CT molecular complexity index is 1640. The van der Waals surface area contributed by atoms with Crippen LogP contribution in [0.25, 0.3) is 5.69 Å². The molecule has 10 nitrogen and oxygen atoms in total. The zero-order valence-electron chi connectivity index (χ0n) is 23.3. The number of hydrogen-bond donors (Lipinski definition) is 2. The number of nitrogens with one attached hydrogen (secondary N) is 2. The van der Waals surface area contributed by atoms with Gasteiger partial charge in [-0.15, -0.1) is 10.2 Å². The van der Waals surface area contributed by atoms with E-state index >= 15 is 0 Å². The Labute approximate surface area is 257 Å². The number of anilines is 1. The molecule has 4 rings (SSSR count). The quantitative estimate of drug-likeness (QED) is 0.155. The minimum atomic E-state index is -4.62. The third kappa shape index (κ3) is 7.52. The van der Waals surface area contributed by atoms with E-state index in [1.807, 2.05) is 0 Å². The number of amides is 2. The van der Waals surface area contributed by atoms with E-state index in [2.05, 4.69) is 20.8 Å². The number of thioether (sulfide) groups is 1. The molecule has 0 fully saturated rings. The molecule has 0 spiro atoms. The fraction of sp³-hybridized carbons (Fsp3) is 0.214. The van der Waals surface area contributed by atoms with E-state index in [-0.39, 0.29) is 51.1 Å². The number of hydrogen-bond acceptors (Lipinski definition) is 8. The summed E-state index contributed by atoms with van der Waals surface area (Å²) in [6.45, 7) is -0.132. The summed E-state index contributed by atoms with van der Waals surface area (Å²) in [5.74, 6) is -0.865. The van der Waals surface area contributed by atoms with Gasteiger partial charge in [0.15, 0.2) is 22.5 Å². The van der Waals surface area contributed by atoms with Crippen LogP contribution in [0.4, 0.5) is 23.2 Å². The Balaban J connectivity index is 1.53. The van der Waals surface area contributed by atoms with Crippen molar-refractivity contribution in [2.75, 3.05) is 32.4 Å². The molecule has 1 heterocycles. The molecule has 0 aliphatic carbocycles. The van der Waals surface area contributed by atoms with Gasteiger partial charge in [-0.25, -0.2) is 4.39 Å². The molecular weight excluding hydrogens is 630 g/mol. The van der Waals surface area contributed by atoms with Crippen molar-refractivity contribution < 1.29 is 41.4 Å². The number of rotatable bonds is 11. The maximum Gasteiger partial charge on any atom is 0.416 e. The molecule has 44 heavy (non-hydrogen) atoms. The van der Waals surface area contributed by atoms with Crippen LogP contribution < -0.4 is 24.8 Å². The van der Waals surface area contributed by atoms with E-state index in [1.165, 1.54) is 62.3 Å². The summed E-state index contributed by atoms with van der Waals surface area (Å²) in [6.07, 6.45) is -4.62. The summed E-state index contributed by atoms with van der Waals surface area (Å²) in [6, 6.07) is 10.9. The number of ether oxygens (including phenoxy) is 3. The minimum absolute atomic E-state index is 0.0732. The molecule has 2 amide bonds. The van der Waals surface area contributed by atoms with Gasteiger partial charge in [0, 0.05) is 11.3 Å². The highest BCUT2D eigenvalue weighted by Gasteiger charge is 2.31. The first-order valence-corrected chi connectivity index (χ1v) is 13.9. The Morgan fingerprint density at radius 2 is 1.61 bits per heavy atom. The van der Waals surface area contributed by atoms with Gasteiger partial charge in [0.05, 0.1) is 49.9 Å². The molecule has 4 aromatic rings. The molecule has 0 aliphatic rings. The van der Waals surface area contributed by atoms with Gasteiger partial charge in [-0.05, 0) is 54.6 Å². The van der Waals surface area contributed by atoms with Crippen LogP contribution >= 0.6 is 23.4 Å². The van der Waals surface area contributed by atoms with Crippen LogP contribution in [0.3, 0.4) is 0 Å². The molecule has 0 saturated carbocycles. The number of halogens is 5. The lowest BCUT2D eigenvalue weighted by Crippen LogP contribution is -2.25. The third-order valence-corrected chi connectivity index (χ3v) is 7.28. The number of aromatic nitrogens is 3. The Morgan fingerprint density at radius 3 is 2.20 bits per heavy atom. The fourth-order valence-electron chi connectivity index (χ4n) is 3.95. The SMILES string of the molecule is COc1cc(C(=O)NCc2nnc(SCC(=O)Nc3cc(C(F)(F)F)ccc3Cl)n2-c2ccc(F)cc2)cc(OC)c1OC. The summed E-state index contributed by atoms with van der Waals surface area (Å²) in [7, 11) is 4.26. The van der Waals surface area contributed by atoms with Gasteiger partial charge in [-0.2, -0.15) is 13.2 Å². The Hall–Kier alpha value is -4.50. The first-order valence-electron chi connectivity index (χ1n) is 12.5. The van der Waals surface area contributed by atoms with Crippen LogP contribution in [0.2, 0.25) is 5.02 Å². The lowest BCUT2D eigenvalue weighted by Gasteiger charge is -2.14. The highest BCUT2D eigenvalue weighted by atomic mass is 35.5. The molecule has 1 aromatic heterocycles. The summed E-state index contributed by atoms with van der Waals surface area (Å²) in [4.78, 5) is 25.7. The number of alkyl halides is 3. The highest BCUT2D eigenvalue weighted by Crippen LogP contribution is 2.38. The zero-order valence-corrected chi connectivity index (χ0v) is 24.9. The van der Waals surface area contributed by atoms with Gasteiger partial charge in [0.1, 0.15) is 5.82 Å². The lowest BCUT2D eigenvalue weighted by atomic mass is 10.1.